The van der Waals surface area contributed by atoms with E-state index in [0.29, 0.717) is 12.8 Å². The van der Waals surface area contributed by atoms with Crippen molar-refractivity contribution in [3.63, 3.8) is 0 Å². The second kappa shape index (κ2) is 7.25. The van der Waals surface area contributed by atoms with Gasteiger partial charge in [-0.1, -0.05) is 30.3 Å². The van der Waals surface area contributed by atoms with Crippen molar-refractivity contribution in [3.8, 4) is 0 Å². The Bertz CT molecular complexity index is 521. The van der Waals surface area contributed by atoms with Crippen LogP contribution in [-0.2, 0) is 10.1 Å². The highest BCUT2D eigenvalue weighted by molar-refractivity contribution is 7.85. The van der Waals surface area contributed by atoms with Crippen molar-refractivity contribution < 1.29 is 22.9 Å². The Kier molecular flexibility index (Phi) is 5.97. The maximum Gasteiger partial charge on any atom is 0.407 e. The molecule has 1 aliphatic heterocycles. The number of carboxylic acid groups (broad SMARTS) is 1. The molecule has 20 heavy (non-hydrogen) atoms. The van der Waals surface area contributed by atoms with Crippen LogP contribution in [0.25, 0.3) is 0 Å². The van der Waals surface area contributed by atoms with E-state index in [0.717, 1.165) is 24.8 Å². The van der Waals surface area contributed by atoms with Gasteiger partial charge in [-0.05, 0) is 24.8 Å². The Hall–Kier alpha value is -1.60. The Balaban J connectivity index is 0.000000347. The third-order valence-corrected chi connectivity index (χ3v) is 2.93. The van der Waals surface area contributed by atoms with Gasteiger partial charge in [0.25, 0.3) is 10.1 Å². The highest BCUT2D eigenvalue weighted by Gasteiger charge is 2.27. The highest BCUT2D eigenvalue weighted by atomic mass is 32.2. The zero-order chi connectivity index (χ0) is 15.2. The van der Waals surface area contributed by atoms with E-state index in [1.807, 2.05) is 30.3 Å². The lowest BCUT2D eigenvalue weighted by Crippen LogP contribution is -2.37. The van der Waals surface area contributed by atoms with Gasteiger partial charge in [0.15, 0.2) is 0 Å². The maximum absolute atomic E-state index is 11.1. The average molecular weight is 301 g/mol. The molecule has 1 amide bonds. The molecule has 0 saturated carbocycles. The number of nitrogens with zero attached hydrogens (tertiary/aromatic N) is 1. The van der Waals surface area contributed by atoms with Gasteiger partial charge < -0.3 is 10.0 Å². The van der Waals surface area contributed by atoms with Crippen LogP contribution < -0.4 is 0 Å². The number of benzene rings is 1. The third-order valence-electron chi connectivity index (χ3n) is 2.93. The fourth-order valence-electron chi connectivity index (χ4n) is 2.18. The Morgan fingerprint density at radius 3 is 2.30 bits per heavy atom. The fraction of sp³-hybridized carbons (Fsp3) is 0.462. The molecule has 2 rings (SSSR count). The third kappa shape index (κ3) is 6.03. The molecular formula is C13H19NO5S. The summed E-state index contributed by atoms with van der Waals surface area (Å²) in [6, 6.07) is 9.95. The van der Waals surface area contributed by atoms with E-state index in [4.69, 9.17) is 9.66 Å². The molecule has 2 N–H and O–H groups in total. The van der Waals surface area contributed by atoms with Gasteiger partial charge >= 0.3 is 6.09 Å². The van der Waals surface area contributed by atoms with Gasteiger partial charge in [-0.15, -0.1) is 0 Å². The predicted molar refractivity (Wildman–Crippen MR) is 75.2 cm³/mol. The minimum absolute atomic E-state index is 0.0532. The molecule has 0 aromatic heterocycles. The van der Waals surface area contributed by atoms with Crippen molar-refractivity contribution >= 4 is 16.2 Å². The Morgan fingerprint density at radius 1 is 1.25 bits per heavy atom. The molecule has 1 aromatic rings. The van der Waals surface area contributed by atoms with Gasteiger partial charge in [-0.25, -0.2) is 4.79 Å². The number of likely N-dealkylation sites (tertiary alicyclic amines) is 1. The molecule has 1 fully saturated rings. The van der Waals surface area contributed by atoms with E-state index in [1.165, 1.54) is 0 Å². The summed E-state index contributed by atoms with van der Waals surface area (Å²) in [4.78, 5) is 12.6. The minimum atomic E-state index is -3.67. The van der Waals surface area contributed by atoms with Crippen molar-refractivity contribution in [1.29, 1.82) is 0 Å². The first-order chi connectivity index (χ1) is 9.29. The van der Waals surface area contributed by atoms with Crippen LogP contribution in [0, 0.1) is 0 Å². The Morgan fingerprint density at radius 2 is 1.80 bits per heavy atom. The highest BCUT2D eigenvalue weighted by Crippen LogP contribution is 2.30. The summed E-state index contributed by atoms with van der Waals surface area (Å²) < 4.78 is 25.9. The molecule has 112 valence electrons. The van der Waals surface area contributed by atoms with E-state index < -0.39 is 16.2 Å². The van der Waals surface area contributed by atoms with Crippen molar-refractivity contribution in [1.82, 2.24) is 4.90 Å². The summed E-state index contributed by atoms with van der Waals surface area (Å²) in [5, 5.41) is 9.10. The topological polar surface area (TPSA) is 94.9 Å². The zero-order valence-electron chi connectivity index (χ0n) is 11.3. The first kappa shape index (κ1) is 16.5. The van der Waals surface area contributed by atoms with Gasteiger partial charge in [-0.3, -0.25) is 4.55 Å². The number of amides is 1. The van der Waals surface area contributed by atoms with Gasteiger partial charge in [0.2, 0.25) is 0 Å². The lowest BCUT2D eigenvalue weighted by Gasteiger charge is -2.33. The molecule has 0 radical (unpaired) electrons. The molecule has 7 heteroatoms. The van der Waals surface area contributed by atoms with Gasteiger partial charge in [0.1, 0.15) is 0 Å². The van der Waals surface area contributed by atoms with Gasteiger partial charge in [-0.2, -0.15) is 8.42 Å². The molecule has 0 aliphatic carbocycles. The lowest BCUT2D eigenvalue weighted by atomic mass is 9.96. The number of carbonyl (C=O) groups is 1. The van der Waals surface area contributed by atoms with Crippen LogP contribution in [0.2, 0.25) is 0 Å². The van der Waals surface area contributed by atoms with Crippen LogP contribution in [-0.4, -0.2) is 41.9 Å². The number of rotatable bonds is 1. The van der Waals surface area contributed by atoms with Crippen LogP contribution in [0.4, 0.5) is 4.79 Å². The SMILES string of the molecule is CS(=O)(=O)O.O=C(O)N1CCCCC1c1ccccc1. The van der Waals surface area contributed by atoms with E-state index >= 15 is 0 Å². The van der Waals surface area contributed by atoms with Crippen molar-refractivity contribution in [3.05, 3.63) is 35.9 Å². The molecule has 1 unspecified atom stereocenters. The largest absolute Gasteiger partial charge is 0.465 e. The second-order valence-electron chi connectivity index (χ2n) is 4.63. The summed E-state index contributed by atoms with van der Waals surface area (Å²) in [5.41, 5.74) is 1.11. The van der Waals surface area contributed by atoms with Crippen molar-refractivity contribution in [2.45, 2.75) is 25.3 Å². The fourth-order valence-corrected chi connectivity index (χ4v) is 2.18. The molecule has 1 atom stereocenters. The molecular weight excluding hydrogens is 282 g/mol. The smallest absolute Gasteiger partial charge is 0.407 e. The summed E-state index contributed by atoms with van der Waals surface area (Å²) in [6.07, 6.45) is 2.95. The summed E-state index contributed by atoms with van der Waals surface area (Å²) in [6.45, 7) is 0.662. The molecule has 0 spiro atoms. The zero-order valence-corrected chi connectivity index (χ0v) is 12.1. The summed E-state index contributed by atoms with van der Waals surface area (Å²) in [7, 11) is -3.67. The van der Waals surface area contributed by atoms with Crippen LogP contribution in [0.1, 0.15) is 30.9 Å². The normalized spacial score (nSPS) is 18.9. The van der Waals surface area contributed by atoms with E-state index in [2.05, 4.69) is 0 Å². The lowest BCUT2D eigenvalue weighted by molar-refractivity contribution is 0.106. The quantitative estimate of drug-likeness (QED) is 0.777. The molecule has 6 nitrogen and oxygen atoms in total. The molecule has 1 aliphatic rings. The van der Waals surface area contributed by atoms with Crippen molar-refractivity contribution in [2.24, 2.45) is 0 Å². The molecule has 1 heterocycles. The Labute approximate surface area is 118 Å². The number of hydrogen-bond acceptors (Lipinski definition) is 3. The first-order valence-electron chi connectivity index (χ1n) is 6.26. The predicted octanol–water partition coefficient (Wildman–Crippen LogP) is 2.40. The standard InChI is InChI=1S/C12H15NO2.CH4O3S/c14-12(15)13-9-5-4-8-11(13)10-6-2-1-3-7-10;1-5(2,3)4/h1-3,6-7,11H,4-5,8-9H2,(H,14,15);1H3,(H,2,3,4). The van der Waals surface area contributed by atoms with Crippen LogP contribution in [0.5, 0.6) is 0 Å². The summed E-state index contributed by atoms with van der Waals surface area (Å²) in [5.74, 6) is 0. The first-order valence-corrected chi connectivity index (χ1v) is 8.11. The van der Waals surface area contributed by atoms with Gasteiger partial charge in [0.05, 0.1) is 12.3 Å². The summed E-state index contributed by atoms with van der Waals surface area (Å²) >= 11 is 0. The molecule has 0 bridgehead atoms. The van der Waals surface area contributed by atoms with Crippen LogP contribution >= 0.6 is 0 Å². The van der Waals surface area contributed by atoms with Crippen molar-refractivity contribution in [2.75, 3.05) is 12.8 Å². The number of piperidine rings is 1. The van der Waals surface area contributed by atoms with E-state index in [1.54, 1.807) is 4.90 Å². The number of hydrogen-bond donors (Lipinski definition) is 2. The van der Waals surface area contributed by atoms with Crippen LogP contribution in [0.3, 0.4) is 0 Å². The maximum atomic E-state index is 11.1. The van der Waals surface area contributed by atoms with E-state index in [9.17, 15) is 13.2 Å². The molecule has 1 saturated heterocycles. The minimum Gasteiger partial charge on any atom is -0.465 e. The van der Waals surface area contributed by atoms with E-state index in [-0.39, 0.29) is 6.04 Å². The van der Waals surface area contributed by atoms with Gasteiger partial charge in [0, 0.05) is 6.54 Å². The monoisotopic (exact) mass is 301 g/mol. The second-order valence-corrected chi connectivity index (χ2v) is 6.10. The van der Waals surface area contributed by atoms with Crippen LogP contribution in [0.15, 0.2) is 30.3 Å². The molecule has 1 aromatic carbocycles. The average Bonchev–Trinajstić information content (AvgIpc) is 2.38.